The molecular formula is C9H16O4. The van der Waals surface area contributed by atoms with Gasteiger partial charge in [-0.1, -0.05) is 6.92 Å². The number of hydrogen-bond acceptors (Lipinski definition) is 3. The molecule has 0 spiro atoms. The van der Waals surface area contributed by atoms with Gasteiger partial charge in [0.1, 0.15) is 6.61 Å². The van der Waals surface area contributed by atoms with Crippen LogP contribution in [0.2, 0.25) is 0 Å². The zero-order valence-electron chi connectivity index (χ0n) is 8.08. The molecule has 0 unspecified atom stereocenters. The highest BCUT2D eigenvalue weighted by molar-refractivity contribution is 5.84. The zero-order valence-corrected chi connectivity index (χ0v) is 8.08. The van der Waals surface area contributed by atoms with Crippen LogP contribution in [0.5, 0.6) is 0 Å². The summed E-state index contributed by atoms with van der Waals surface area (Å²) in [6.45, 7) is 5.05. The van der Waals surface area contributed by atoms with Gasteiger partial charge in [0, 0.05) is 6.61 Å². The standard InChI is InChI=1S/C9H16O4/c1-3-5-8(9(10)11)13-7-6-12-4-2/h5H,3-4,6-7H2,1-2H3,(H,10,11)/b8-5+. The molecule has 0 rings (SSSR count). The number of aliphatic carboxylic acids is 1. The maximum absolute atomic E-state index is 10.5. The van der Waals surface area contributed by atoms with E-state index in [1.807, 2.05) is 13.8 Å². The third kappa shape index (κ3) is 6.16. The molecule has 0 fully saturated rings. The molecule has 0 aliphatic heterocycles. The van der Waals surface area contributed by atoms with Crippen molar-refractivity contribution in [3.05, 3.63) is 11.8 Å². The third-order valence-electron chi connectivity index (χ3n) is 1.29. The van der Waals surface area contributed by atoms with Crippen LogP contribution in [0.4, 0.5) is 0 Å². The van der Waals surface area contributed by atoms with Gasteiger partial charge in [-0.25, -0.2) is 4.79 Å². The Bertz CT molecular complexity index is 174. The summed E-state index contributed by atoms with van der Waals surface area (Å²) in [7, 11) is 0. The lowest BCUT2D eigenvalue weighted by molar-refractivity contribution is -0.136. The maximum atomic E-state index is 10.5. The van der Waals surface area contributed by atoms with E-state index in [9.17, 15) is 4.79 Å². The maximum Gasteiger partial charge on any atom is 0.370 e. The number of carboxylic acid groups (broad SMARTS) is 1. The summed E-state index contributed by atoms with van der Waals surface area (Å²) in [5.74, 6) is -1.03. The Balaban J connectivity index is 3.71. The van der Waals surface area contributed by atoms with E-state index in [1.54, 1.807) is 0 Å². The molecule has 0 aliphatic carbocycles. The molecule has 4 heteroatoms. The number of carboxylic acids is 1. The van der Waals surface area contributed by atoms with Gasteiger partial charge in [-0.3, -0.25) is 0 Å². The average Bonchev–Trinajstić information content (AvgIpc) is 2.10. The summed E-state index contributed by atoms with van der Waals surface area (Å²) >= 11 is 0. The molecule has 1 N–H and O–H groups in total. The highest BCUT2D eigenvalue weighted by atomic mass is 16.5. The molecule has 4 nitrogen and oxygen atoms in total. The van der Waals surface area contributed by atoms with E-state index in [1.165, 1.54) is 6.08 Å². The van der Waals surface area contributed by atoms with E-state index < -0.39 is 5.97 Å². The highest BCUT2D eigenvalue weighted by Gasteiger charge is 2.06. The second kappa shape index (κ2) is 7.61. The largest absolute Gasteiger partial charge is 0.484 e. The molecule has 0 amide bonds. The van der Waals surface area contributed by atoms with Crippen LogP contribution in [0.25, 0.3) is 0 Å². The van der Waals surface area contributed by atoms with Crippen LogP contribution in [0.1, 0.15) is 20.3 Å². The van der Waals surface area contributed by atoms with Crippen LogP contribution in [-0.4, -0.2) is 30.9 Å². The van der Waals surface area contributed by atoms with Crippen LogP contribution < -0.4 is 0 Å². The van der Waals surface area contributed by atoms with Crippen molar-refractivity contribution in [2.45, 2.75) is 20.3 Å². The fourth-order valence-electron chi connectivity index (χ4n) is 0.748. The lowest BCUT2D eigenvalue weighted by Gasteiger charge is -2.05. The lowest BCUT2D eigenvalue weighted by Crippen LogP contribution is -2.09. The average molecular weight is 188 g/mol. The summed E-state index contributed by atoms with van der Waals surface area (Å²) in [5, 5.41) is 8.63. The Morgan fingerprint density at radius 1 is 1.38 bits per heavy atom. The number of ether oxygens (including phenoxy) is 2. The minimum atomic E-state index is -1.03. The monoisotopic (exact) mass is 188 g/mol. The number of allylic oxidation sites excluding steroid dienone is 1. The van der Waals surface area contributed by atoms with E-state index in [0.29, 0.717) is 19.6 Å². The predicted octanol–water partition coefficient (Wildman–Crippen LogP) is 1.42. The Kier molecular flexibility index (Phi) is 7.01. The normalized spacial score (nSPS) is 11.4. The van der Waals surface area contributed by atoms with Gasteiger partial charge < -0.3 is 14.6 Å². The van der Waals surface area contributed by atoms with Crippen LogP contribution >= 0.6 is 0 Å². The predicted molar refractivity (Wildman–Crippen MR) is 48.5 cm³/mol. The van der Waals surface area contributed by atoms with Crippen molar-refractivity contribution in [1.82, 2.24) is 0 Å². The molecule has 0 atom stereocenters. The molecule has 0 saturated carbocycles. The number of carbonyl (C=O) groups is 1. The van der Waals surface area contributed by atoms with Gasteiger partial charge in [0.2, 0.25) is 0 Å². The van der Waals surface area contributed by atoms with Crippen molar-refractivity contribution in [2.75, 3.05) is 19.8 Å². The second-order valence-corrected chi connectivity index (χ2v) is 2.33. The van der Waals surface area contributed by atoms with Crippen LogP contribution in [-0.2, 0) is 14.3 Å². The Hall–Kier alpha value is -1.03. The van der Waals surface area contributed by atoms with Crippen molar-refractivity contribution in [3.63, 3.8) is 0 Å². The van der Waals surface area contributed by atoms with Crippen LogP contribution in [0.3, 0.4) is 0 Å². The SMILES string of the molecule is CC/C=C(/OCCOCC)C(=O)O. The second-order valence-electron chi connectivity index (χ2n) is 2.33. The molecular weight excluding hydrogens is 172 g/mol. The van der Waals surface area contributed by atoms with Gasteiger partial charge in [0.15, 0.2) is 5.76 Å². The lowest BCUT2D eigenvalue weighted by atomic mass is 10.4. The fraction of sp³-hybridized carbons (Fsp3) is 0.667. The summed E-state index contributed by atoms with van der Waals surface area (Å²) < 4.78 is 9.98. The minimum Gasteiger partial charge on any atom is -0.484 e. The zero-order chi connectivity index (χ0) is 10.1. The van der Waals surface area contributed by atoms with Gasteiger partial charge in [-0.15, -0.1) is 0 Å². The van der Waals surface area contributed by atoms with E-state index >= 15 is 0 Å². The molecule has 0 aromatic rings. The van der Waals surface area contributed by atoms with Crippen LogP contribution in [0, 0.1) is 0 Å². The molecule has 0 radical (unpaired) electrons. The molecule has 0 aliphatic rings. The summed E-state index contributed by atoms with van der Waals surface area (Å²) in [6, 6.07) is 0. The Labute approximate surface area is 78.2 Å². The molecule has 0 aromatic carbocycles. The van der Waals surface area contributed by atoms with Gasteiger partial charge in [-0.05, 0) is 19.4 Å². The topological polar surface area (TPSA) is 55.8 Å². The summed E-state index contributed by atoms with van der Waals surface area (Å²) in [4.78, 5) is 10.5. The van der Waals surface area contributed by atoms with Crippen LogP contribution in [0.15, 0.2) is 11.8 Å². The highest BCUT2D eigenvalue weighted by Crippen LogP contribution is 1.99. The van der Waals surface area contributed by atoms with E-state index in [2.05, 4.69) is 0 Å². The first-order chi connectivity index (χ1) is 6.22. The number of hydrogen-bond donors (Lipinski definition) is 1. The summed E-state index contributed by atoms with van der Waals surface area (Å²) in [5.41, 5.74) is 0. The Morgan fingerprint density at radius 3 is 2.54 bits per heavy atom. The molecule has 0 saturated heterocycles. The molecule has 0 aromatic heterocycles. The molecule has 13 heavy (non-hydrogen) atoms. The van der Waals surface area contributed by atoms with Crippen molar-refractivity contribution >= 4 is 5.97 Å². The molecule has 0 bridgehead atoms. The van der Waals surface area contributed by atoms with Gasteiger partial charge >= 0.3 is 5.97 Å². The fourth-order valence-corrected chi connectivity index (χ4v) is 0.748. The van der Waals surface area contributed by atoms with E-state index in [-0.39, 0.29) is 12.4 Å². The van der Waals surface area contributed by atoms with E-state index in [4.69, 9.17) is 14.6 Å². The summed E-state index contributed by atoms with van der Waals surface area (Å²) in [6.07, 6.45) is 2.19. The van der Waals surface area contributed by atoms with Gasteiger partial charge in [0.05, 0.1) is 6.61 Å². The molecule has 0 heterocycles. The van der Waals surface area contributed by atoms with Crippen molar-refractivity contribution < 1.29 is 19.4 Å². The van der Waals surface area contributed by atoms with E-state index in [0.717, 1.165) is 0 Å². The molecule has 76 valence electrons. The first-order valence-electron chi connectivity index (χ1n) is 4.36. The first kappa shape index (κ1) is 12.0. The van der Waals surface area contributed by atoms with Crippen molar-refractivity contribution in [1.29, 1.82) is 0 Å². The quantitative estimate of drug-likeness (QED) is 0.373. The van der Waals surface area contributed by atoms with Gasteiger partial charge in [0.25, 0.3) is 0 Å². The van der Waals surface area contributed by atoms with Crippen molar-refractivity contribution in [3.8, 4) is 0 Å². The Morgan fingerprint density at radius 2 is 2.08 bits per heavy atom. The number of rotatable bonds is 7. The minimum absolute atomic E-state index is 0.00204. The smallest absolute Gasteiger partial charge is 0.370 e. The third-order valence-corrected chi connectivity index (χ3v) is 1.29. The van der Waals surface area contributed by atoms with Gasteiger partial charge in [-0.2, -0.15) is 0 Å². The first-order valence-corrected chi connectivity index (χ1v) is 4.36. The van der Waals surface area contributed by atoms with Crippen molar-refractivity contribution in [2.24, 2.45) is 0 Å².